The molecular formula is C16H32Cl2RuS4. The molecule has 0 aliphatic carbocycles. The Labute approximate surface area is 177 Å². The molecule has 0 nitrogen and oxygen atoms in total. The Morgan fingerprint density at radius 1 is 0.391 bits per heavy atom. The maximum absolute atomic E-state index is 4.85. The van der Waals surface area contributed by atoms with Crippen LogP contribution in [0, 0.1) is 0 Å². The van der Waals surface area contributed by atoms with Gasteiger partial charge in [-0.25, -0.2) is 0 Å². The van der Waals surface area contributed by atoms with Crippen LogP contribution in [0.25, 0.3) is 0 Å². The molecule has 23 heavy (non-hydrogen) atoms. The summed E-state index contributed by atoms with van der Waals surface area (Å²) in [5.74, 6) is 11.3. The first-order valence-corrected chi connectivity index (χ1v) is 17.7. The minimum absolute atomic E-state index is 0.346. The SMILES string of the molecule is C1CCSC1.C1CCSC1.C1CCSC1.C1CCSC1.[Cl][Ru][Cl]. The van der Waals surface area contributed by atoms with Gasteiger partial charge in [-0.1, -0.05) is 0 Å². The Hall–Kier alpha value is 2.60. The van der Waals surface area contributed by atoms with Crippen LogP contribution in [0.15, 0.2) is 0 Å². The van der Waals surface area contributed by atoms with Crippen molar-refractivity contribution in [1.29, 1.82) is 0 Å². The summed E-state index contributed by atoms with van der Waals surface area (Å²) in [5.41, 5.74) is 0. The van der Waals surface area contributed by atoms with Crippen molar-refractivity contribution in [3.63, 3.8) is 0 Å². The van der Waals surface area contributed by atoms with E-state index < -0.39 is 0 Å². The summed E-state index contributed by atoms with van der Waals surface area (Å²) in [5, 5.41) is 0. The second-order valence-corrected chi connectivity index (χ2v) is 12.9. The van der Waals surface area contributed by atoms with E-state index in [1.165, 1.54) is 97.4 Å². The van der Waals surface area contributed by atoms with Gasteiger partial charge in [-0.3, -0.25) is 0 Å². The van der Waals surface area contributed by atoms with E-state index in [1.807, 2.05) is 0 Å². The second kappa shape index (κ2) is 24.6. The molecule has 0 N–H and O–H groups in total. The van der Waals surface area contributed by atoms with Crippen LogP contribution in [-0.4, -0.2) is 46.0 Å². The van der Waals surface area contributed by atoms with Crippen LogP contribution in [-0.2, 0) is 15.1 Å². The molecular weight excluding hydrogens is 492 g/mol. The predicted octanol–water partition coefficient (Wildman–Crippen LogP) is 7.43. The summed E-state index contributed by atoms with van der Waals surface area (Å²) < 4.78 is 0. The van der Waals surface area contributed by atoms with Crippen LogP contribution in [0.1, 0.15) is 51.4 Å². The number of rotatable bonds is 0. The van der Waals surface area contributed by atoms with E-state index in [0.29, 0.717) is 0 Å². The molecule has 4 rings (SSSR count). The summed E-state index contributed by atoms with van der Waals surface area (Å²) in [4.78, 5) is 0. The van der Waals surface area contributed by atoms with Crippen LogP contribution in [0.5, 0.6) is 0 Å². The second-order valence-electron chi connectivity index (χ2n) is 5.33. The van der Waals surface area contributed by atoms with E-state index in [0.717, 1.165) is 0 Å². The van der Waals surface area contributed by atoms with Gasteiger partial charge in [-0.05, 0) is 97.4 Å². The predicted molar refractivity (Wildman–Crippen MR) is 118 cm³/mol. The maximum atomic E-state index is 4.85. The summed E-state index contributed by atoms with van der Waals surface area (Å²) in [6.07, 6.45) is 11.7. The first-order chi connectivity index (χ1) is 11.4. The zero-order valence-corrected chi connectivity index (χ0v) is 20.6. The molecule has 0 unspecified atom stereocenters. The molecule has 0 aromatic heterocycles. The molecule has 0 atom stereocenters. The van der Waals surface area contributed by atoms with E-state index in [9.17, 15) is 0 Å². The van der Waals surface area contributed by atoms with Crippen molar-refractivity contribution in [3.05, 3.63) is 0 Å². The van der Waals surface area contributed by atoms with Crippen LogP contribution >= 0.6 is 66.4 Å². The quantitative estimate of drug-likeness (QED) is 0.302. The van der Waals surface area contributed by atoms with Gasteiger partial charge in [-0.15, -0.1) is 0 Å². The van der Waals surface area contributed by atoms with E-state index in [-0.39, 0.29) is 15.1 Å². The van der Waals surface area contributed by atoms with Gasteiger partial charge in [-0.2, -0.15) is 47.0 Å². The molecule has 4 aliphatic heterocycles. The number of hydrogen-bond donors (Lipinski definition) is 0. The van der Waals surface area contributed by atoms with Crippen LogP contribution < -0.4 is 0 Å². The van der Waals surface area contributed by atoms with Crippen molar-refractivity contribution < 1.29 is 15.1 Å². The van der Waals surface area contributed by atoms with E-state index in [1.54, 1.807) is 0 Å². The number of halogens is 2. The van der Waals surface area contributed by atoms with E-state index >= 15 is 0 Å². The van der Waals surface area contributed by atoms with Crippen LogP contribution in [0.3, 0.4) is 0 Å². The molecule has 0 aromatic carbocycles. The molecule has 142 valence electrons. The van der Waals surface area contributed by atoms with Crippen molar-refractivity contribution in [1.82, 2.24) is 0 Å². The Morgan fingerprint density at radius 2 is 0.522 bits per heavy atom. The van der Waals surface area contributed by atoms with Gasteiger partial charge < -0.3 is 0 Å². The first-order valence-electron chi connectivity index (χ1n) is 8.58. The van der Waals surface area contributed by atoms with Gasteiger partial charge in [0, 0.05) is 0 Å². The molecule has 0 radical (unpaired) electrons. The zero-order valence-electron chi connectivity index (χ0n) is 14.1. The average molecular weight is 525 g/mol. The number of thioether (sulfide) groups is 4. The van der Waals surface area contributed by atoms with Gasteiger partial charge in [0.25, 0.3) is 0 Å². The fourth-order valence-electron chi connectivity index (χ4n) is 2.04. The van der Waals surface area contributed by atoms with E-state index in [4.69, 9.17) is 19.4 Å². The normalized spacial score (nSPS) is 21.8. The molecule has 4 fully saturated rings. The standard InChI is InChI=1S/4C4H8S.2ClH.Ru/c4*1-2-4-5-3-1;;;/h4*1-4H2;2*1H;/q;;;;;;+2/p-2. The number of hydrogen-bond acceptors (Lipinski definition) is 4. The third kappa shape index (κ3) is 24.6. The molecule has 4 heterocycles. The summed E-state index contributed by atoms with van der Waals surface area (Å²) in [6.45, 7) is 0. The average Bonchev–Trinajstić information content (AvgIpc) is 3.47. The van der Waals surface area contributed by atoms with Gasteiger partial charge >= 0.3 is 34.5 Å². The fourth-order valence-corrected chi connectivity index (χ4v) is 6.12. The van der Waals surface area contributed by atoms with Crippen molar-refractivity contribution in [2.75, 3.05) is 46.0 Å². The van der Waals surface area contributed by atoms with Crippen molar-refractivity contribution in [2.24, 2.45) is 0 Å². The monoisotopic (exact) mass is 524 g/mol. The Balaban J connectivity index is 0.000000266. The molecule has 4 saturated heterocycles. The summed E-state index contributed by atoms with van der Waals surface area (Å²) in [6, 6.07) is 0. The van der Waals surface area contributed by atoms with Gasteiger partial charge in [0.15, 0.2) is 0 Å². The van der Waals surface area contributed by atoms with Crippen molar-refractivity contribution >= 4 is 66.4 Å². The van der Waals surface area contributed by atoms with Crippen LogP contribution in [0.2, 0.25) is 0 Å². The molecule has 4 aliphatic rings. The molecule has 0 amide bonds. The molecule has 7 heteroatoms. The zero-order chi connectivity index (χ0) is 16.8. The Kier molecular flexibility index (Phi) is 27.4. The van der Waals surface area contributed by atoms with Crippen molar-refractivity contribution in [3.8, 4) is 0 Å². The van der Waals surface area contributed by atoms with Crippen LogP contribution in [0.4, 0.5) is 0 Å². The Bertz CT molecular complexity index is 128. The minimum atomic E-state index is -0.346. The molecule has 0 saturated carbocycles. The molecule has 0 spiro atoms. The van der Waals surface area contributed by atoms with Gasteiger partial charge in [0.2, 0.25) is 0 Å². The summed E-state index contributed by atoms with van der Waals surface area (Å²) >= 11 is 7.95. The van der Waals surface area contributed by atoms with Gasteiger partial charge in [0.05, 0.1) is 0 Å². The van der Waals surface area contributed by atoms with Gasteiger partial charge in [0.1, 0.15) is 0 Å². The topological polar surface area (TPSA) is 0 Å². The first kappa shape index (κ1) is 25.6. The molecule has 0 aromatic rings. The third-order valence-corrected chi connectivity index (χ3v) is 7.93. The summed E-state index contributed by atoms with van der Waals surface area (Å²) in [7, 11) is 9.71. The Morgan fingerprint density at radius 3 is 0.565 bits per heavy atom. The van der Waals surface area contributed by atoms with E-state index in [2.05, 4.69) is 47.0 Å². The fraction of sp³-hybridized carbons (Fsp3) is 1.00. The molecule has 0 bridgehead atoms. The third-order valence-electron chi connectivity index (χ3n) is 3.31. The van der Waals surface area contributed by atoms with Crippen molar-refractivity contribution in [2.45, 2.75) is 51.4 Å².